The number of nitrogens with one attached hydrogen (secondary N) is 2. The second-order valence-corrected chi connectivity index (χ2v) is 7.80. The average Bonchev–Trinajstić information content (AvgIpc) is 3.14. The molecule has 0 radical (unpaired) electrons. The number of rotatable bonds is 6. The van der Waals surface area contributed by atoms with Gasteiger partial charge in [-0.1, -0.05) is 29.8 Å². The zero-order valence-electron chi connectivity index (χ0n) is 16.5. The smallest absolute Gasteiger partial charge is 0.398 e. The summed E-state index contributed by atoms with van der Waals surface area (Å²) in [6, 6.07) is 10.6. The fourth-order valence-electron chi connectivity index (χ4n) is 3.49. The highest BCUT2D eigenvalue weighted by atomic mass is 35.5. The topological polar surface area (TPSA) is 87.5 Å². The lowest BCUT2D eigenvalue weighted by atomic mass is 10.1. The van der Waals surface area contributed by atoms with Crippen molar-refractivity contribution < 1.29 is 22.8 Å². The van der Waals surface area contributed by atoms with Crippen LogP contribution in [0.15, 0.2) is 42.5 Å². The summed E-state index contributed by atoms with van der Waals surface area (Å²) in [4.78, 5) is 26.6. The van der Waals surface area contributed by atoms with Crippen LogP contribution in [0.1, 0.15) is 27.9 Å². The van der Waals surface area contributed by atoms with E-state index in [1.165, 1.54) is 6.07 Å². The monoisotopic (exact) mass is 454 g/mol. The summed E-state index contributed by atoms with van der Waals surface area (Å²) in [5.74, 6) is -1.26. The number of carbonyl (C=O) groups is 2. The van der Waals surface area contributed by atoms with Gasteiger partial charge in [0.2, 0.25) is 5.91 Å². The number of halogens is 4. The van der Waals surface area contributed by atoms with Gasteiger partial charge in [-0.3, -0.25) is 14.5 Å². The Bertz CT molecular complexity index is 951. The summed E-state index contributed by atoms with van der Waals surface area (Å²) in [7, 11) is 0. The van der Waals surface area contributed by atoms with E-state index in [-0.39, 0.29) is 18.2 Å². The van der Waals surface area contributed by atoms with Crippen LogP contribution in [0.2, 0.25) is 5.02 Å². The molecular weight excluding hydrogens is 433 g/mol. The maximum atomic E-state index is 12.9. The van der Waals surface area contributed by atoms with E-state index in [9.17, 15) is 22.8 Å². The maximum absolute atomic E-state index is 12.9. The summed E-state index contributed by atoms with van der Waals surface area (Å²) in [5, 5.41) is 5.83. The van der Waals surface area contributed by atoms with Gasteiger partial charge in [0.05, 0.1) is 23.4 Å². The Morgan fingerprint density at radius 2 is 1.87 bits per heavy atom. The van der Waals surface area contributed by atoms with Gasteiger partial charge in [-0.05, 0) is 36.2 Å². The lowest BCUT2D eigenvalue weighted by Crippen LogP contribution is -2.43. The summed E-state index contributed by atoms with van der Waals surface area (Å²) >= 11 is 5.89. The van der Waals surface area contributed by atoms with Gasteiger partial charge >= 0.3 is 6.18 Å². The summed E-state index contributed by atoms with van der Waals surface area (Å²) in [6.45, 7) is 1.83. The van der Waals surface area contributed by atoms with Crippen LogP contribution < -0.4 is 16.4 Å². The first kappa shape index (κ1) is 22.9. The maximum Gasteiger partial charge on any atom is 0.418 e. The first-order valence-electron chi connectivity index (χ1n) is 9.63. The molecule has 4 N–H and O–H groups in total. The lowest BCUT2D eigenvalue weighted by Gasteiger charge is -2.17. The molecule has 31 heavy (non-hydrogen) atoms. The summed E-state index contributed by atoms with van der Waals surface area (Å²) in [5.41, 5.74) is 4.54. The number of nitrogens with zero attached hydrogens (tertiary/aromatic N) is 1. The number of amides is 2. The first-order valence-corrected chi connectivity index (χ1v) is 10.0. The number of nitrogen functional groups attached to an aromatic ring is 1. The Balaban J connectivity index is 1.47. The molecule has 1 fully saturated rings. The van der Waals surface area contributed by atoms with E-state index in [1.54, 1.807) is 0 Å². The molecule has 2 amide bonds. The molecular formula is C21H22ClF3N4O2. The second-order valence-electron chi connectivity index (χ2n) is 7.36. The van der Waals surface area contributed by atoms with Crippen molar-refractivity contribution in [2.75, 3.05) is 25.4 Å². The number of benzene rings is 2. The molecule has 1 saturated heterocycles. The molecule has 2 aromatic rings. The van der Waals surface area contributed by atoms with Crippen LogP contribution in [0, 0.1) is 0 Å². The van der Waals surface area contributed by atoms with Crippen LogP contribution >= 0.6 is 11.6 Å². The molecule has 0 bridgehead atoms. The second kappa shape index (κ2) is 9.57. The van der Waals surface area contributed by atoms with E-state index in [0.29, 0.717) is 11.6 Å². The SMILES string of the molecule is Nc1c(C(=O)NCC(=O)N[C@@H]2CCN(Cc3ccc(Cl)cc3)C2)cccc1C(F)(F)F. The molecule has 10 heteroatoms. The molecule has 1 atom stereocenters. The number of likely N-dealkylation sites (tertiary alicyclic amines) is 1. The minimum Gasteiger partial charge on any atom is -0.398 e. The number of hydrogen-bond donors (Lipinski definition) is 3. The molecule has 1 heterocycles. The van der Waals surface area contributed by atoms with E-state index in [0.717, 1.165) is 37.2 Å². The van der Waals surface area contributed by atoms with Crippen LogP contribution in [0.4, 0.5) is 18.9 Å². The average molecular weight is 455 g/mol. The molecule has 0 aromatic heterocycles. The van der Waals surface area contributed by atoms with E-state index >= 15 is 0 Å². The van der Waals surface area contributed by atoms with Gasteiger partial charge in [-0.15, -0.1) is 0 Å². The quantitative estimate of drug-likeness (QED) is 0.585. The van der Waals surface area contributed by atoms with Gasteiger partial charge in [-0.2, -0.15) is 13.2 Å². The van der Waals surface area contributed by atoms with Gasteiger partial charge in [0.15, 0.2) is 0 Å². The first-order chi connectivity index (χ1) is 14.6. The van der Waals surface area contributed by atoms with E-state index in [4.69, 9.17) is 17.3 Å². The number of para-hydroxylation sites is 1. The van der Waals surface area contributed by atoms with Crippen molar-refractivity contribution in [3.05, 3.63) is 64.2 Å². The van der Waals surface area contributed by atoms with Crippen LogP contribution in [0.5, 0.6) is 0 Å². The molecule has 2 aromatic carbocycles. The van der Waals surface area contributed by atoms with Crippen molar-refractivity contribution in [1.82, 2.24) is 15.5 Å². The Morgan fingerprint density at radius 1 is 1.16 bits per heavy atom. The highest BCUT2D eigenvalue weighted by Crippen LogP contribution is 2.34. The number of carbonyl (C=O) groups excluding carboxylic acids is 2. The lowest BCUT2D eigenvalue weighted by molar-refractivity contribution is -0.137. The normalized spacial score (nSPS) is 16.8. The minimum absolute atomic E-state index is 0.0738. The van der Waals surface area contributed by atoms with Gasteiger partial charge in [0.1, 0.15) is 0 Å². The summed E-state index contributed by atoms with van der Waals surface area (Å²) < 4.78 is 38.8. The van der Waals surface area contributed by atoms with Crippen molar-refractivity contribution in [1.29, 1.82) is 0 Å². The van der Waals surface area contributed by atoms with Crippen molar-refractivity contribution in [2.24, 2.45) is 0 Å². The molecule has 1 aliphatic heterocycles. The molecule has 0 unspecified atom stereocenters. The third-order valence-corrected chi connectivity index (χ3v) is 5.27. The van der Waals surface area contributed by atoms with E-state index in [2.05, 4.69) is 15.5 Å². The fourth-order valence-corrected chi connectivity index (χ4v) is 3.61. The Labute approximate surface area is 182 Å². The number of anilines is 1. The van der Waals surface area contributed by atoms with Gasteiger partial charge < -0.3 is 16.4 Å². The Kier molecular flexibility index (Phi) is 7.07. The third kappa shape index (κ3) is 6.11. The number of hydrogen-bond acceptors (Lipinski definition) is 4. The molecule has 0 aliphatic carbocycles. The molecule has 3 rings (SSSR count). The molecule has 166 valence electrons. The van der Waals surface area contributed by atoms with Crippen molar-refractivity contribution >= 4 is 29.1 Å². The van der Waals surface area contributed by atoms with Crippen LogP contribution in [-0.2, 0) is 17.5 Å². The highest BCUT2D eigenvalue weighted by molar-refractivity contribution is 6.30. The molecule has 1 aliphatic rings. The highest BCUT2D eigenvalue weighted by Gasteiger charge is 2.34. The van der Waals surface area contributed by atoms with Gasteiger partial charge in [-0.25, -0.2) is 0 Å². The van der Waals surface area contributed by atoms with Gasteiger partial charge in [0, 0.05) is 30.7 Å². The van der Waals surface area contributed by atoms with Crippen LogP contribution in [-0.4, -0.2) is 42.4 Å². The van der Waals surface area contributed by atoms with E-state index in [1.807, 2.05) is 24.3 Å². The fraction of sp³-hybridized carbons (Fsp3) is 0.333. The van der Waals surface area contributed by atoms with Crippen LogP contribution in [0.3, 0.4) is 0 Å². The largest absolute Gasteiger partial charge is 0.418 e. The third-order valence-electron chi connectivity index (χ3n) is 5.02. The molecule has 0 spiro atoms. The van der Waals surface area contributed by atoms with Crippen LogP contribution in [0.25, 0.3) is 0 Å². The Hall–Kier alpha value is -2.78. The van der Waals surface area contributed by atoms with Crippen molar-refractivity contribution in [2.45, 2.75) is 25.2 Å². The number of nitrogens with two attached hydrogens (primary N) is 1. The van der Waals surface area contributed by atoms with Crippen molar-refractivity contribution in [3.8, 4) is 0 Å². The zero-order chi connectivity index (χ0) is 22.6. The predicted octanol–water partition coefficient (Wildman–Crippen LogP) is 3.06. The predicted molar refractivity (Wildman–Crippen MR) is 111 cm³/mol. The van der Waals surface area contributed by atoms with Crippen molar-refractivity contribution in [3.63, 3.8) is 0 Å². The zero-order valence-corrected chi connectivity index (χ0v) is 17.3. The summed E-state index contributed by atoms with van der Waals surface area (Å²) in [6.07, 6.45) is -3.91. The molecule has 0 saturated carbocycles. The standard InChI is InChI=1S/C21H22ClF3N4O2/c22-14-6-4-13(5-7-14)11-29-9-8-15(12-29)28-18(30)10-27-20(31)16-2-1-3-17(19(16)26)21(23,24)25/h1-7,15H,8-12,26H2,(H,27,31)(H,28,30)/t15-/m1/s1. The van der Waals surface area contributed by atoms with E-state index < -0.39 is 29.2 Å². The number of alkyl halides is 3. The Morgan fingerprint density at radius 3 is 2.55 bits per heavy atom. The minimum atomic E-state index is -4.67. The molecule has 6 nitrogen and oxygen atoms in total. The van der Waals surface area contributed by atoms with Gasteiger partial charge in [0.25, 0.3) is 5.91 Å².